The molecule has 0 aromatic heterocycles. The summed E-state index contributed by atoms with van der Waals surface area (Å²) in [5.41, 5.74) is 3.98. The van der Waals surface area contributed by atoms with Crippen LogP contribution in [0.4, 0.5) is 4.79 Å². The molecule has 1 aliphatic carbocycles. The largest absolute Gasteiger partial charge is 0.452 e. The summed E-state index contributed by atoms with van der Waals surface area (Å²) in [6, 6.07) is -1.01. The Hall–Kier alpha value is -2.16. The number of esters is 1. The molecule has 0 aromatic carbocycles. The zero-order valence-electron chi connectivity index (χ0n) is 14.4. The van der Waals surface area contributed by atoms with Crippen molar-refractivity contribution in [1.29, 1.82) is 0 Å². The van der Waals surface area contributed by atoms with E-state index in [9.17, 15) is 19.2 Å². The summed E-state index contributed by atoms with van der Waals surface area (Å²) in [6.07, 6.45) is 1.66. The van der Waals surface area contributed by atoms with E-state index in [1.165, 1.54) is 6.92 Å². The number of urea groups is 1. The second-order valence-electron chi connectivity index (χ2n) is 6.56. The van der Waals surface area contributed by atoms with E-state index in [0.29, 0.717) is 39.1 Å². The maximum atomic E-state index is 12.7. The number of ether oxygens (including phenoxy) is 2. The van der Waals surface area contributed by atoms with Crippen molar-refractivity contribution in [2.45, 2.75) is 45.1 Å². The lowest BCUT2D eigenvalue weighted by Gasteiger charge is -2.32. The van der Waals surface area contributed by atoms with Gasteiger partial charge in [-0.05, 0) is 19.8 Å². The molecule has 0 spiro atoms. The van der Waals surface area contributed by atoms with Crippen LogP contribution in [0, 0.1) is 5.41 Å². The molecule has 1 heterocycles. The van der Waals surface area contributed by atoms with Crippen LogP contribution in [0.1, 0.15) is 39.0 Å². The maximum Gasteiger partial charge on any atom is 0.318 e. The van der Waals surface area contributed by atoms with Crippen LogP contribution < -0.4 is 11.1 Å². The Morgan fingerprint density at radius 2 is 1.80 bits per heavy atom. The highest BCUT2D eigenvalue weighted by Crippen LogP contribution is 2.43. The third kappa shape index (κ3) is 4.91. The average Bonchev–Trinajstić information content (AvgIpc) is 3.04. The van der Waals surface area contributed by atoms with Gasteiger partial charge in [0.25, 0.3) is 5.91 Å². The number of nitrogens with zero attached hydrogens (tertiary/aromatic N) is 1. The number of morpholine rings is 1. The summed E-state index contributed by atoms with van der Waals surface area (Å²) < 4.78 is 10.5. The van der Waals surface area contributed by atoms with E-state index in [1.54, 1.807) is 4.90 Å². The maximum absolute atomic E-state index is 12.7. The van der Waals surface area contributed by atoms with Gasteiger partial charge in [0.2, 0.25) is 5.91 Å². The van der Waals surface area contributed by atoms with Gasteiger partial charge in [0, 0.05) is 19.5 Å². The van der Waals surface area contributed by atoms with Gasteiger partial charge < -0.3 is 20.1 Å². The molecule has 9 heteroatoms. The Morgan fingerprint density at radius 1 is 1.20 bits per heavy atom. The fourth-order valence-electron chi connectivity index (χ4n) is 3.28. The van der Waals surface area contributed by atoms with Crippen molar-refractivity contribution in [3.63, 3.8) is 0 Å². The van der Waals surface area contributed by atoms with E-state index in [2.05, 4.69) is 0 Å². The Morgan fingerprint density at radius 3 is 2.36 bits per heavy atom. The van der Waals surface area contributed by atoms with Crippen molar-refractivity contribution in [3.05, 3.63) is 0 Å². The van der Waals surface area contributed by atoms with Crippen LogP contribution in [0.2, 0.25) is 0 Å². The molecule has 4 amide bonds. The van der Waals surface area contributed by atoms with Crippen LogP contribution >= 0.6 is 0 Å². The quantitative estimate of drug-likeness (QED) is 0.664. The lowest BCUT2D eigenvalue weighted by atomic mass is 9.82. The van der Waals surface area contributed by atoms with Crippen molar-refractivity contribution in [1.82, 2.24) is 10.2 Å². The first-order valence-corrected chi connectivity index (χ1v) is 8.51. The molecule has 3 N–H and O–H groups in total. The number of nitrogens with one attached hydrogen (secondary N) is 1. The van der Waals surface area contributed by atoms with Crippen LogP contribution in [0.25, 0.3) is 0 Å². The molecule has 1 unspecified atom stereocenters. The summed E-state index contributed by atoms with van der Waals surface area (Å²) in [7, 11) is 0. The Kier molecular flexibility index (Phi) is 6.35. The van der Waals surface area contributed by atoms with E-state index >= 15 is 0 Å². The number of amides is 4. The molecule has 1 atom stereocenters. The van der Waals surface area contributed by atoms with Gasteiger partial charge in [-0.1, -0.05) is 12.8 Å². The molecule has 0 aromatic rings. The first-order valence-electron chi connectivity index (χ1n) is 8.51. The molecule has 1 aliphatic heterocycles. The van der Waals surface area contributed by atoms with Crippen LogP contribution in [0.15, 0.2) is 0 Å². The highest BCUT2D eigenvalue weighted by molar-refractivity contribution is 5.97. The highest BCUT2D eigenvalue weighted by atomic mass is 16.5. The number of hydrogen-bond acceptors (Lipinski definition) is 6. The fourth-order valence-corrected chi connectivity index (χ4v) is 3.28. The molecule has 1 saturated heterocycles. The minimum absolute atomic E-state index is 0.0655. The number of carbonyl (C=O) groups is 4. The first-order chi connectivity index (χ1) is 11.8. The van der Waals surface area contributed by atoms with E-state index in [4.69, 9.17) is 15.2 Å². The standard InChI is InChI=1S/C16H25N3O6/c1-11(13(21)18-15(17)23)25-14(22)16(4-2-3-5-16)10-12(20)19-6-8-24-9-7-19/h11H,2-10H2,1H3,(H3,17,18,21,23). The van der Waals surface area contributed by atoms with E-state index in [1.807, 2.05) is 5.32 Å². The molecule has 2 fully saturated rings. The summed E-state index contributed by atoms with van der Waals surface area (Å²) in [5, 5.41) is 1.88. The van der Waals surface area contributed by atoms with Crippen molar-refractivity contribution >= 4 is 23.8 Å². The molecule has 140 valence electrons. The van der Waals surface area contributed by atoms with Gasteiger partial charge in [0.15, 0.2) is 6.10 Å². The van der Waals surface area contributed by atoms with E-state index in [-0.39, 0.29) is 12.3 Å². The van der Waals surface area contributed by atoms with E-state index in [0.717, 1.165) is 12.8 Å². The van der Waals surface area contributed by atoms with Crippen LogP contribution in [0.5, 0.6) is 0 Å². The van der Waals surface area contributed by atoms with Crippen LogP contribution in [-0.4, -0.2) is 61.1 Å². The molecule has 2 aliphatic rings. The van der Waals surface area contributed by atoms with E-state index < -0.39 is 29.4 Å². The van der Waals surface area contributed by atoms with Crippen molar-refractivity contribution in [2.24, 2.45) is 11.1 Å². The number of rotatable bonds is 5. The molecule has 1 saturated carbocycles. The second kappa shape index (κ2) is 8.28. The Balaban J connectivity index is 2.00. The first kappa shape index (κ1) is 19.2. The molecule has 0 bridgehead atoms. The number of primary amides is 1. The molecule has 9 nitrogen and oxygen atoms in total. The smallest absolute Gasteiger partial charge is 0.318 e. The second-order valence-corrected chi connectivity index (χ2v) is 6.56. The minimum atomic E-state index is -1.16. The van der Waals surface area contributed by atoms with Gasteiger partial charge in [0.05, 0.1) is 18.6 Å². The summed E-state index contributed by atoms with van der Waals surface area (Å²) in [4.78, 5) is 49.3. The molecule has 25 heavy (non-hydrogen) atoms. The third-order valence-electron chi connectivity index (χ3n) is 4.75. The van der Waals surface area contributed by atoms with Crippen LogP contribution in [0.3, 0.4) is 0 Å². The monoisotopic (exact) mass is 355 g/mol. The van der Waals surface area contributed by atoms with Crippen molar-refractivity contribution in [3.8, 4) is 0 Å². The van der Waals surface area contributed by atoms with Gasteiger partial charge in [-0.25, -0.2) is 4.79 Å². The topological polar surface area (TPSA) is 128 Å². The highest BCUT2D eigenvalue weighted by Gasteiger charge is 2.46. The molecule has 0 radical (unpaired) electrons. The molecular formula is C16H25N3O6. The predicted octanol–water partition coefficient (Wildman–Crippen LogP) is -0.0777. The molecule has 2 rings (SSSR count). The Labute approximate surface area is 146 Å². The summed E-state index contributed by atoms with van der Waals surface area (Å²) >= 11 is 0. The summed E-state index contributed by atoms with van der Waals surface area (Å²) in [5.74, 6) is -1.45. The van der Waals surface area contributed by atoms with Gasteiger partial charge in [-0.15, -0.1) is 0 Å². The SMILES string of the molecule is CC(OC(=O)C1(CC(=O)N2CCOCC2)CCCC1)C(=O)NC(N)=O. The number of hydrogen-bond donors (Lipinski definition) is 2. The fraction of sp³-hybridized carbons (Fsp3) is 0.750. The van der Waals surface area contributed by atoms with Crippen molar-refractivity contribution < 1.29 is 28.7 Å². The van der Waals surface area contributed by atoms with Gasteiger partial charge >= 0.3 is 12.0 Å². The lowest BCUT2D eigenvalue weighted by molar-refractivity contribution is -0.167. The van der Waals surface area contributed by atoms with Crippen molar-refractivity contribution in [2.75, 3.05) is 26.3 Å². The molecular weight excluding hydrogens is 330 g/mol. The van der Waals surface area contributed by atoms with Crippen LogP contribution in [-0.2, 0) is 23.9 Å². The Bertz CT molecular complexity index is 538. The van der Waals surface area contributed by atoms with Gasteiger partial charge in [-0.2, -0.15) is 0 Å². The third-order valence-corrected chi connectivity index (χ3v) is 4.75. The summed E-state index contributed by atoms with van der Waals surface area (Å²) in [6.45, 7) is 3.38. The zero-order chi connectivity index (χ0) is 18.4. The predicted molar refractivity (Wildman–Crippen MR) is 86.2 cm³/mol. The van der Waals surface area contributed by atoms with Gasteiger partial charge in [0.1, 0.15) is 0 Å². The van der Waals surface area contributed by atoms with Gasteiger partial charge in [-0.3, -0.25) is 19.7 Å². The normalized spacial score (nSPS) is 20.6. The minimum Gasteiger partial charge on any atom is -0.452 e. The lowest BCUT2D eigenvalue weighted by Crippen LogP contribution is -2.46. The number of carbonyl (C=O) groups excluding carboxylic acids is 4. The zero-order valence-corrected chi connectivity index (χ0v) is 14.4. The number of imide groups is 1. The average molecular weight is 355 g/mol. The number of nitrogens with two attached hydrogens (primary N) is 1.